The topological polar surface area (TPSA) is 37.3 Å². The van der Waals surface area contributed by atoms with E-state index in [1.807, 2.05) is 12.1 Å². The molecular formula is C8H8I2O2. The van der Waals surface area contributed by atoms with Crippen LogP contribution in [0.15, 0.2) is 24.3 Å². The van der Waals surface area contributed by atoms with Crippen LogP contribution in [0.4, 0.5) is 0 Å². The minimum atomic E-state index is -0.833. The minimum Gasteiger partial charge on any atom is -0.481 e. The van der Waals surface area contributed by atoms with Crippen LogP contribution in [0, 0.1) is 7.14 Å². The Kier molecular flexibility index (Phi) is 6.73. The van der Waals surface area contributed by atoms with Gasteiger partial charge in [0.05, 0.1) is 0 Å². The zero-order valence-electron chi connectivity index (χ0n) is 6.42. The normalized spacial score (nSPS) is 8.25. The Hall–Kier alpha value is 0.150. The van der Waals surface area contributed by atoms with E-state index >= 15 is 0 Å². The first-order valence-electron chi connectivity index (χ1n) is 3.13. The molecule has 1 rings (SSSR count). The summed E-state index contributed by atoms with van der Waals surface area (Å²) in [6.07, 6.45) is 0. The zero-order chi connectivity index (χ0) is 9.56. The summed E-state index contributed by atoms with van der Waals surface area (Å²) in [6.45, 7) is 1.08. The third-order valence-electron chi connectivity index (χ3n) is 0.824. The molecule has 0 bridgehead atoms. The average Bonchev–Trinajstić information content (AvgIpc) is 1.94. The number of aliphatic carboxylic acids is 1. The van der Waals surface area contributed by atoms with Gasteiger partial charge in [-0.25, -0.2) is 0 Å². The Balaban J connectivity index is 0.000000261. The second-order valence-corrected chi connectivity index (χ2v) is 4.26. The first kappa shape index (κ1) is 12.2. The molecule has 0 saturated carbocycles. The van der Waals surface area contributed by atoms with Crippen molar-refractivity contribution in [1.82, 2.24) is 0 Å². The number of carboxylic acids is 1. The lowest BCUT2D eigenvalue weighted by atomic mass is 10.4. The van der Waals surface area contributed by atoms with Crippen molar-refractivity contribution >= 4 is 51.2 Å². The Bertz CT molecular complexity index is 236. The minimum absolute atomic E-state index is 0.833. The fourth-order valence-corrected chi connectivity index (χ4v) is 1.21. The van der Waals surface area contributed by atoms with Gasteiger partial charge in [-0.1, -0.05) is 12.1 Å². The van der Waals surface area contributed by atoms with Gasteiger partial charge in [-0.2, -0.15) is 0 Å². The summed E-state index contributed by atoms with van der Waals surface area (Å²) in [5, 5.41) is 7.42. The van der Waals surface area contributed by atoms with E-state index in [2.05, 4.69) is 57.3 Å². The molecule has 4 heteroatoms. The highest BCUT2D eigenvalue weighted by molar-refractivity contribution is 14.1. The van der Waals surface area contributed by atoms with Gasteiger partial charge in [0.15, 0.2) is 0 Å². The molecule has 0 fully saturated rings. The van der Waals surface area contributed by atoms with Gasteiger partial charge < -0.3 is 5.11 Å². The molecule has 12 heavy (non-hydrogen) atoms. The SMILES string of the molecule is CC(=O)O.Ic1ccccc1I. The Morgan fingerprint density at radius 1 is 1.25 bits per heavy atom. The molecule has 0 saturated heterocycles. The molecule has 1 aromatic carbocycles. The molecule has 0 amide bonds. The van der Waals surface area contributed by atoms with E-state index in [4.69, 9.17) is 9.90 Å². The molecule has 2 nitrogen and oxygen atoms in total. The van der Waals surface area contributed by atoms with Crippen molar-refractivity contribution in [2.24, 2.45) is 0 Å². The molecule has 66 valence electrons. The molecule has 0 atom stereocenters. The summed E-state index contributed by atoms with van der Waals surface area (Å²) in [5.74, 6) is -0.833. The van der Waals surface area contributed by atoms with Crippen LogP contribution < -0.4 is 0 Å². The molecule has 0 spiro atoms. The van der Waals surface area contributed by atoms with Gasteiger partial charge in [0.1, 0.15) is 0 Å². The van der Waals surface area contributed by atoms with Crippen molar-refractivity contribution in [3.8, 4) is 0 Å². The van der Waals surface area contributed by atoms with Crippen molar-refractivity contribution < 1.29 is 9.90 Å². The number of rotatable bonds is 0. The molecule has 0 unspecified atom stereocenters. The number of carboxylic acid groups (broad SMARTS) is 1. The molecule has 0 aromatic heterocycles. The number of carbonyl (C=O) groups is 1. The van der Waals surface area contributed by atoms with Crippen LogP contribution in [-0.4, -0.2) is 11.1 Å². The second-order valence-electron chi connectivity index (χ2n) is 1.93. The van der Waals surface area contributed by atoms with E-state index in [0.717, 1.165) is 6.92 Å². The lowest BCUT2D eigenvalue weighted by Crippen LogP contribution is -1.78. The van der Waals surface area contributed by atoms with Crippen LogP contribution >= 0.6 is 45.2 Å². The fourth-order valence-electron chi connectivity index (χ4n) is 0.439. The van der Waals surface area contributed by atoms with Crippen molar-refractivity contribution in [1.29, 1.82) is 0 Å². The van der Waals surface area contributed by atoms with Gasteiger partial charge in [-0.15, -0.1) is 0 Å². The summed E-state index contributed by atoms with van der Waals surface area (Å²) < 4.78 is 2.65. The van der Waals surface area contributed by atoms with E-state index in [1.54, 1.807) is 0 Å². The van der Waals surface area contributed by atoms with E-state index in [9.17, 15) is 0 Å². The van der Waals surface area contributed by atoms with Gasteiger partial charge in [-0.3, -0.25) is 4.79 Å². The van der Waals surface area contributed by atoms with Crippen molar-refractivity contribution in [3.63, 3.8) is 0 Å². The summed E-state index contributed by atoms with van der Waals surface area (Å²) in [7, 11) is 0. The van der Waals surface area contributed by atoms with E-state index in [1.165, 1.54) is 7.14 Å². The van der Waals surface area contributed by atoms with Gasteiger partial charge >= 0.3 is 0 Å². The van der Waals surface area contributed by atoms with Gasteiger partial charge in [0.25, 0.3) is 5.97 Å². The maximum absolute atomic E-state index is 9.00. The largest absolute Gasteiger partial charge is 0.481 e. The molecule has 0 aliphatic rings. The predicted molar refractivity (Wildman–Crippen MR) is 65.2 cm³/mol. The third kappa shape index (κ3) is 6.84. The molecular weight excluding hydrogens is 382 g/mol. The van der Waals surface area contributed by atoms with Gasteiger partial charge in [0.2, 0.25) is 0 Å². The Labute approximate surface area is 98.6 Å². The van der Waals surface area contributed by atoms with Crippen LogP contribution in [0.25, 0.3) is 0 Å². The number of hydrogen-bond donors (Lipinski definition) is 1. The molecule has 1 aromatic rings. The lowest BCUT2D eigenvalue weighted by Gasteiger charge is -1.89. The summed E-state index contributed by atoms with van der Waals surface area (Å²) in [4.78, 5) is 9.00. The highest BCUT2D eigenvalue weighted by atomic mass is 127. The summed E-state index contributed by atoms with van der Waals surface area (Å²) in [5.41, 5.74) is 0. The molecule has 0 radical (unpaired) electrons. The first-order chi connectivity index (χ1) is 5.54. The van der Waals surface area contributed by atoms with E-state index in [-0.39, 0.29) is 0 Å². The molecule has 0 aliphatic heterocycles. The van der Waals surface area contributed by atoms with E-state index in [0.29, 0.717) is 0 Å². The van der Waals surface area contributed by atoms with Crippen molar-refractivity contribution in [2.75, 3.05) is 0 Å². The van der Waals surface area contributed by atoms with Gasteiger partial charge in [0, 0.05) is 14.1 Å². The Morgan fingerprint density at radius 3 is 1.67 bits per heavy atom. The average molecular weight is 390 g/mol. The van der Waals surface area contributed by atoms with Crippen LogP contribution in [0.1, 0.15) is 6.92 Å². The maximum atomic E-state index is 9.00. The number of hydrogen-bond acceptors (Lipinski definition) is 1. The van der Waals surface area contributed by atoms with Crippen LogP contribution in [0.5, 0.6) is 0 Å². The smallest absolute Gasteiger partial charge is 0.300 e. The standard InChI is InChI=1S/C6H4I2.C2H4O2/c7-5-3-1-2-4-6(5)8;1-2(3)4/h1-4H;1H3,(H,3,4). The monoisotopic (exact) mass is 390 g/mol. The highest BCUT2D eigenvalue weighted by Gasteiger charge is 1.87. The molecule has 1 N–H and O–H groups in total. The van der Waals surface area contributed by atoms with E-state index < -0.39 is 5.97 Å². The van der Waals surface area contributed by atoms with Crippen molar-refractivity contribution in [2.45, 2.75) is 6.92 Å². The predicted octanol–water partition coefficient (Wildman–Crippen LogP) is 2.99. The Morgan fingerprint density at radius 2 is 1.50 bits per heavy atom. The zero-order valence-corrected chi connectivity index (χ0v) is 10.7. The van der Waals surface area contributed by atoms with Gasteiger partial charge in [-0.05, 0) is 57.3 Å². The lowest BCUT2D eigenvalue weighted by molar-refractivity contribution is -0.134. The van der Waals surface area contributed by atoms with Crippen molar-refractivity contribution in [3.05, 3.63) is 31.4 Å². The summed E-state index contributed by atoms with van der Waals surface area (Å²) >= 11 is 4.63. The van der Waals surface area contributed by atoms with Crippen LogP contribution in [-0.2, 0) is 4.79 Å². The fraction of sp³-hybridized carbons (Fsp3) is 0.125. The maximum Gasteiger partial charge on any atom is 0.300 e. The second kappa shape index (κ2) is 6.64. The highest BCUT2D eigenvalue weighted by Crippen LogP contribution is 2.12. The first-order valence-corrected chi connectivity index (χ1v) is 5.29. The van der Waals surface area contributed by atoms with Crippen LogP contribution in [0.3, 0.4) is 0 Å². The third-order valence-corrected chi connectivity index (χ3v) is 3.74. The number of benzene rings is 1. The quantitative estimate of drug-likeness (QED) is 0.692. The summed E-state index contributed by atoms with van der Waals surface area (Å²) in [6, 6.07) is 8.29. The molecule has 0 aliphatic carbocycles. The van der Waals surface area contributed by atoms with Crippen LogP contribution in [0.2, 0.25) is 0 Å². The molecule has 0 heterocycles. The number of halogens is 2.